The van der Waals surface area contributed by atoms with Gasteiger partial charge in [0.25, 0.3) is 0 Å². The van der Waals surface area contributed by atoms with Gasteiger partial charge < -0.3 is 9.66 Å². The summed E-state index contributed by atoms with van der Waals surface area (Å²) in [5, 5.41) is 18.6. The summed E-state index contributed by atoms with van der Waals surface area (Å²) in [6.45, 7) is 0. The van der Waals surface area contributed by atoms with E-state index in [1.54, 1.807) is 36.4 Å². The van der Waals surface area contributed by atoms with Crippen LogP contribution < -0.4 is 29.6 Å². The summed E-state index contributed by atoms with van der Waals surface area (Å²) < 4.78 is 35.3. The first kappa shape index (κ1) is 20.0. The van der Waals surface area contributed by atoms with Gasteiger partial charge in [0.1, 0.15) is 15.8 Å². The van der Waals surface area contributed by atoms with Crippen LogP contribution in [0.2, 0.25) is 0 Å². The number of benzene rings is 3. The van der Waals surface area contributed by atoms with Crippen molar-refractivity contribution in [2.24, 2.45) is 10.2 Å². The van der Waals surface area contributed by atoms with Crippen molar-refractivity contribution in [1.29, 1.82) is 0 Å². The summed E-state index contributed by atoms with van der Waals surface area (Å²) >= 11 is 3.31. The van der Waals surface area contributed by atoms with Crippen LogP contribution in [-0.4, -0.2) is 18.1 Å². The zero-order chi connectivity index (χ0) is 17.3. The van der Waals surface area contributed by atoms with Crippen LogP contribution in [0.5, 0.6) is 5.75 Å². The Balaban J connectivity index is 0.00000225. The van der Waals surface area contributed by atoms with Gasteiger partial charge in [0.2, 0.25) is 0 Å². The molecular weight excluding hydrogens is 419 g/mol. The molecule has 0 aliphatic rings. The van der Waals surface area contributed by atoms with Crippen LogP contribution in [0.15, 0.2) is 74.2 Å². The van der Waals surface area contributed by atoms with Crippen LogP contribution in [-0.2, 0) is 10.1 Å². The van der Waals surface area contributed by atoms with E-state index < -0.39 is 15.0 Å². The second-order valence-corrected chi connectivity index (χ2v) is 7.10. The number of aromatic hydroxyl groups is 1. The van der Waals surface area contributed by atoms with E-state index in [1.807, 2.05) is 0 Å². The third kappa shape index (κ3) is 4.28. The normalized spacial score (nSPS) is 11.6. The summed E-state index contributed by atoms with van der Waals surface area (Å²) in [6.07, 6.45) is 0. The van der Waals surface area contributed by atoms with Crippen molar-refractivity contribution in [1.82, 2.24) is 0 Å². The third-order valence-electron chi connectivity index (χ3n) is 3.35. The number of nitrogens with zero attached hydrogens (tertiary/aromatic N) is 2. The summed E-state index contributed by atoms with van der Waals surface area (Å²) in [6, 6.07) is 14.2. The fraction of sp³-hybridized carbons (Fsp3) is 0. The Morgan fingerprint density at radius 2 is 1.48 bits per heavy atom. The largest absolute Gasteiger partial charge is 1.00 e. The van der Waals surface area contributed by atoms with Gasteiger partial charge in [0.15, 0.2) is 5.75 Å². The van der Waals surface area contributed by atoms with Crippen molar-refractivity contribution in [3.8, 4) is 5.75 Å². The summed E-state index contributed by atoms with van der Waals surface area (Å²) in [7, 11) is -4.73. The van der Waals surface area contributed by atoms with E-state index in [0.29, 0.717) is 10.2 Å². The minimum Gasteiger partial charge on any atom is -0.744 e. The molecule has 0 radical (unpaired) electrons. The van der Waals surface area contributed by atoms with Crippen molar-refractivity contribution in [3.63, 3.8) is 0 Å². The molecule has 3 aromatic carbocycles. The van der Waals surface area contributed by atoms with Crippen molar-refractivity contribution < 1.29 is 47.6 Å². The number of phenolic OH excluding ortho intramolecular Hbond substituents is 1. The molecule has 1 N–H and O–H groups in total. The standard InChI is InChI=1S/C16H11BrN2O4S.Na/c17-12-7-3-4-8-13(12)18-19-14-9-15(24(21,22)23)10-5-1-2-6-11(10)16(14)20;/h1-9,20H,(H,21,22,23);/q;+1/p-1. The van der Waals surface area contributed by atoms with Crippen molar-refractivity contribution >= 4 is 48.2 Å². The number of phenols is 1. The van der Waals surface area contributed by atoms with Gasteiger partial charge in [-0.15, -0.1) is 10.2 Å². The zero-order valence-corrected chi connectivity index (χ0v) is 17.5. The predicted octanol–water partition coefficient (Wildman–Crippen LogP) is 1.63. The minimum atomic E-state index is -4.73. The molecule has 122 valence electrons. The topological polar surface area (TPSA) is 102 Å². The Labute approximate surface area is 174 Å². The van der Waals surface area contributed by atoms with Crippen LogP contribution in [0.25, 0.3) is 10.8 Å². The predicted molar refractivity (Wildman–Crippen MR) is 91.9 cm³/mol. The fourth-order valence-electron chi connectivity index (χ4n) is 2.24. The second kappa shape index (κ2) is 7.94. The molecule has 0 bridgehead atoms. The van der Waals surface area contributed by atoms with Crippen molar-refractivity contribution in [2.45, 2.75) is 4.90 Å². The van der Waals surface area contributed by atoms with E-state index >= 15 is 0 Å². The van der Waals surface area contributed by atoms with E-state index in [9.17, 15) is 18.1 Å². The Bertz CT molecular complexity index is 1070. The maximum Gasteiger partial charge on any atom is 1.00 e. The molecule has 0 spiro atoms. The molecule has 6 nitrogen and oxygen atoms in total. The number of azo groups is 1. The maximum absolute atomic E-state index is 11.5. The number of hydrogen-bond donors (Lipinski definition) is 1. The van der Waals surface area contributed by atoms with Gasteiger partial charge in [-0.1, -0.05) is 36.4 Å². The van der Waals surface area contributed by atoms with E-state index in [-0.39, 0.29) is 51.8 Å². The number of halogens is 1. The van der Waals surface area contributed by atoms with Gasteiger partial charge in [-0.2, -0.15) is 0 Å². The molecule has 0 atom stereocenters. The SMILES string of the molecule is O=S(=O)([O-])c1cc(N=Nc2ccccc2Br)c(O)c2ccccc12.[Na+]. The van der Waals surface area contributed by atoms with Crippen LogP contribution in [0.1, 0.15) is 0 Å². The van der Waals surface area contributed by atoms with Crippen LogP contribution in [0.3, 0.4) is 0 Å². The van der Waals surface area contributed by atoms with Crippen molar-refractivity contribution in [2.75, 3.05) is 0 Å². The minimum absolute atomic E-state index is 0. The van der Waals surface area contributed by atoms with Gasteiger partial charge in [0.05, 0.1) is 10.6 Å². The summed E-state index contributed by atoms with van der Waals surface area (Å²) in [5.41, 5.74) is 0.399. The smallest absolute Gasteiger partial charge is 0.744 e. The Morgan fingerprint density at radius 1 is 0.920 bits per heavy atom. The Kier molecular flexibility index (Phi) is 6.36. The molecule has 0 unspecified atom stereocenters. The van der Waals surface area contributed by atoms with Gasteiger partial charge in [-0.3, -0.25) is 0 Å². The van der Waals surface area contributed by atoms with Crippen LogP contribution in [0.4, 0.5) is 11.4 Å². The first-order valence-electron chi connectivity index (χ1n) is 6.75. The maximum atomic E-state index is 11.5. The molecular formula is C16H10BrN2NaO4S. The van der Waals surface area contributed by atoms with E-state index in [1.165, 1.54) is 12.1 Å². The third-order valence-corrected chi connectivity index (χ3v) is 4.89. The molecule has 0 heterocycles. The molecule has 0 aromatic heterocycles. The molecule has 0 fully saturated rings. The van der Waals surface area contributed by atoms with Gasteiger partial charge in [0, 0.05) is 15.2 Å². The fourth-order valence-corrected chi connectivity index (χ4v) is 3.30. The number of hydrogen-bond acceptors (Lipinski definition) is 6. The first-order valence-corrected chi connectivity index (χ1v) is 8.95. The van der Waals surface area contributed by atoms with Crippen LogP contribution >= 0.6 is 15.9 Å². The summed E-state index contributed by atoms with van der Waals surface area (Å²) in [4.78, 5) is -0.447. The molecule has 3 aromatic rings. The van der Waals surface area contributed by atoms with Gasteiger partial charge >= 0.3 is 29.6 Å². The second-order valence-electron chi connectivity index (χ2n) is 4.89. The van der Waals surface area contributed by atoms with E-state index in [0.717, 1.165) is 6.07 Å². The molecule has 0 aliphatic heterocycles. The first-order chi connectivity index (χ1) is 11.4. The zero-order valence-electron chi connectivity index (χ0n) is 13.0. The van der Waals surface area contributed by atoms with Crippen LogP contribution in [0, 0.1) is 0 Å². The van der Waals surface area contributed by atoms with Gasteiger partial charge in [-0.05, 0) is 34.1 Å². The molecule has 0 saturated carbocycles. The molecule has 0 aliphatic carbocycles. The molecule has 0 amide bonds. The monoisotopic (exact) mass is 428 g/mol. The Hall–Kier alpha value is -1.29. The average Bonchev–Trinajstić information content (AvgIpc) is 2.54. The van der Waals surface area contributed by atoms with E-state index in [2.05, 4.69) is 26.2 Å². The van der Waals surface area contributed by atoms with Crippen molar-refractivity contribution in [3.05, 3.63) is 59.1 Å². The average molecular weight is 429 g/mol. The molecule has 0 saturated heterocycles. The summed E-state index contributed by atoms with van der Waals surface area (Å²) in [5.74, 6) is -0.242. The molecule has 3 rings (SSSR count). The number of fused-ring (bicyclic) bond motifs is 1. The Morgan fingerprint density at radius 3 is 2.12 bits per heavy atom. The number of rotatable bonds is 3. The molecule has 9 heteroatoms. The molecule has 25 heavy (non-hydrogen) atoms. The quantitative estimate of drug-likeness (QED) is 0.389. The van der Waals surface area contributed by atoms with Gasteiger partial charge in [-0.25, -0.2) is 8.42 Å². The van der Waals surface area contributed by atoms with E-state index in [4.69, 9.17) is 0 Å².